The maximum absolute atomic E-state index is 9.93. The van der Waals surface area contributed by atoms with E-state index in [1.54, 1.807) is 0 Å². The molecule has 5 nitrogen and oxygen atoms in total. The number of thioether (sulfide) groups is 1. The molecule has 0 aliphatic carbocycles. The quantitative estimate of drug-likeness (QED) is 0.459. The van der Waals surface area contributed by atoms with Crippen LogP contribution in [0.2, 0.25) is 0 Å². The highest BCUT2D eigenvalue weighted by Gasteiger charge is 2.41. The van der Waals surface area contributed by atoms with E-state index in [0.29, 0.717) is 0 Å². The van der Waals surface area contributed by atoms with Gasteiger partial charge in [-0.3, -0.25) is 0 Å². The second-order valence-corrected chi connectivity index (χ2v) is 4.67. The molecule has 1 saturated heterocycles. The van der Waals surface area contributed by atoms with Gasteiger partial charge >= 0.3 is 0 Å². The molecule has 0 amide bonds. The number of rotatable bonds is 3. The summed E-state index contributed by atoms with van der Waals surface area (Å²) in [6.07, 6.45) is 1.99. The summed E-state index contributed by atoms with van der Waals surface area (Å²) in [5, 5.41) is 13.6. The zero-order chi connectivity index (χ0) is 11.4. The van der Waals surface area contributed by atoms with Gasteiger partial charge in [0, 0.05) is 4.91 Å². The fraction of sp³-hybridized carbons (Fsp3) is 1.00. The topological polar surface area (TPSA) is 78.2 Å². The molecule has 1 heterocycles. The van der Waals surface area contributed by atoms with Gasteiger partial charge in [-0.25, -0.2) is 0 Å². The van der Waals surface area contributed by atoms with E-state index in [1.165, 1.54) is 11.8 Å². The van der Waals surface area contributed by atoms with Crippen molar-refractivity contribution in [1.82, 2.24) is 0 Å². The fourth-order valence-electron chi connectivity index (χ4n) is 1.87. The third-order valence-corrected chi connectivity index (χ3v) is 3.72. The minimum Gasteiger partial charge on any atom is -0.390 e. The van der Waals surface area contributed by atoms with Gasteiger partial charge in [0.05, 0.1) is 18.2 Å². The molecule has 0 spiro atoms. The number of azide groups is 1. The van der Waals surface area contributed by atoms with Crippen LogP contribution < -0.4 is 0 Å². The smallest absolute Gasteiger partial charge is 0.112 e. The molecule has 1 N–H and O–H groups in total. The summed E-state index contributed by atoms with van der Waals surface area (Å²) in [6, 6.07) is -0.289. The molecule has 0 bridgehead atoms. The molecule has 0 aromatic heterocycles. The average Bonchev–Trinajstić information content (AvgIpc) is 2.25. The highest BCUT2D eigenvalue weighted by Crippen LogP contribution is 2.33. The van der Waals surface area contributed by atoms with Crippen molar-refractivity contribution >= 4 is 11.8 Å². The Bertz CT molecular complexity index is 256. The van der Waals surface area contributed by atoms with Gasteiger partial charge in [0.2, 0.25) is 0 Å². The summed E-state index contributed by atoms with van der Waals surface area (Å²) in [5.74, 6) is -0.0583. The van der Waals surface area contributed by atoms with Crippen LogP contribution in [0.5, 0.6) is 0 Å². The molecule has 0 aromatic rings. The van der Waals surface area contributed by atoms with Crippen LogP contribution in [0.3, 0.4) is 0 Å². The van der Waals surface area contributed by atoms with E-state index in [1.807, 2.05) is 20.1 Å². The molecule has 1 aliphatic rings. The Kier molecular flexibility index (Phi) is 4.73. The van der Waals surface area contributed by atoms with Crippen LogP contribution in [0.1, 0.15) is 20.3 Å². The molecule has 1 rings (SSSR count). The standard InChI is InChI=1S/C9H17N3O2S/c1-4-6-8(13)5(2)7(11-12-10)9(14-6)15-3/h5-9,13H,4H2,1-3H3/t5-,6?,7?,8-,9+/m1/s1. The number of aliphatic hydroxyl groups excluding tert-OH is 1. The maximum atomic E-state index is 9.93. The summed E-state index contributed by atoms with van der Waals surface area (Å²) < 4.78 is 5.68. The first-order valence-electron chi connectivity index (χ1n) is 5.06. The summed E-state index contributed by atoms with van der Waals surface area (Å²) in [5.41, 5.74) is 8.32. The Morgan fingerprint density at radius 3 is 2.73 bits per heavy atom. The van der Waals surface area contributed by atoms with Crippen molar-refractivity contribution in [2.24, 2.45) is 11.0 Å². The minimum atomic E-state index is -0.547. The second-order valence-electron chi connectivity index (χ2n) is 3.73. The van der Waals surface area contributed by atoms with E-state index >= 15 is 0 Å². The van der Waals surface area contributed by atoms with Gasteiger partial charge in [0.15, 0.2) is 0 Å². The van der Waals surface area contributed by atoms with E-state index in [2.05, 4.69) is 10.0 Å². The predicted molar refractivity (Wildman–Crippen MR) is 60.6 cm³/mol. The lowest BCUT2D eigenvalue weighted by Gasteiger charge is -2.41. The molecule has 1 fully saturated rings. The summed E-state index contributed by atoms with van der Waals surface area (Å²) in [6.45, 7) is 3.88. The maximum Gasteiger partial charge on any atom is 0.112 e. The van der Waals surface area contributed by atoms with E-state index in [-0.39, 0.29) is 23.5 Å². The van der Waals surface area contributed by atoms with E-state index in [9.17, 15) is 5.11 Å². The Balaban J connectivity index is 2.83. The molecule has 5 atom stereocenters. The van der Waals surface area contributed by atoms with Gasteiger partial charge in [-0.2, -0.15) is 0 Å². The van der Waals surface area contributed by atoms with Crippen LogP contribution in [-0.4, -0.2) is 35.0 Å². The average molecular weight is 231 g/mol. The van der Waals surface area contributed by atoms with Crippen molar-refractivity contribution in [2.75, 3.05) is 6.26 Å². The molecule has 15 heavy (non-hydrogen) atoms. The van der Waals surface area contributed by atoms with Gasteiger partial charge in [-0.05, 0) is 24.1 Å². The van der Waals surface area contributed by atoms with Crippen LogP contribution in [0, 0.1) is 5.92 Å². The van der Waals surface area contributed by atoms with Crippen LogP contribution in [0.4, 0.5) is 0 Å². The van der Waals surface area contributed by atoms with Gasteiger partial charge in [0.25, 0.3) is 0 Å². The highest BCUT2D eigenvalue weighted by atomic mass is 32.2. The summed E-state index contributed by atoms with van der Waals surface area (Å²) >= 11 is 1.52. The highest BCUT2D eigenvalue weighted by molar-refractivity contribution is 7.99. The third-order valence-electron chi connectivity index (χ3n) is 2.87. The first kappa shape index (κ1) is 12.6. The number of hydrogen-bond donors (Lipinski definition) is 1. The van der Waals surface area contributed by atoms with Crippen molar-refractivity contribution in [3.8, 4) is 0 Å². The van der Waals surface area contributed by atoms with Crippen LogP contribution >= 0.6 is 11.8 Å². The van der Waals surface area contributed by atoms with E-state index in [0.717, 1.165) is 6.42 Å². The SMILES string of the molecule is CCC1O[C@@H](SC)C(N=[N+]=[N-])[C@@H](C)[C@H]1O. The summed E-state index contributed by atoms with van der Waals surface area (Å²) in [4.78, 5) is 2.81. The molecule has 0 aromatic carbocycles. The van der Waals surface area contributed by atoms with E-state index < -0.39 is 6.10 Å². The second kappa shape index (κ2) is 5.61. The Labute approximate surface area is 93.8 Å². The fourth-order valence-corrected chi connectivity index (χ4v) is 2.71. The number of ether oxygens (including phenoxy) is 1. The van der Waals surface area contributed by atoms with Crippen LogP contribution in [0.25, 0.3) is 10.4 Å². The van der Waals surface area contributed by atoms with Crippen molar-refractivity contribution in [3.05, 3.63) is 10.4 Å². The zero-order valence-electron chi connectivity index (χ0n) is 9.20. The Morgan fingerprint density at radius 2 is 2.27 bits per heavy atom. The lowest BCUT2D eigenvalue weighted by atomic mass is 9.89. The largest absolute Gasteiger partial charge is 0.390 e. The van der Waals surface area contributed by atoms with Crippen molar-refractivity contribution in [1.29, 1.82) is 0 Å². The lowest BCUT2D eigenvalue weighted by Crippen LogP contribution is -2.50. The monoisotopic (exact) mass is 231 g/mol. The lowest BCUT2D eigenvalue weighted by molar-refractivity contribution is -0.122. The number of nitrogens with zero attached hydrogens (tertiary/aromatic N) is 3. The molecule has 2 unspecified atom stereocenters. The first-order chi connectivity index (χ1) is 7.15. The van der Waals surface area contributed by atoms with Crippen molar-refractivity contribution in [2.45, 2.75) is 44.0 Å². The molecule has 86 valence electrons. The molecular weight excluding hydrogens is 214 g/mol. The Hall–Kier alpha value is -0.420. The zero-order valence-corrected chi connectivity index (χ0v) is 10.0. The Morgan fingerprint density at radius 1 is 1.60 bits per heavy atom. The molecule has 0 saturated carbocycles. The van der Waals surface area contributed by atoms with E-state index in [4.69, 9.17) is 10.3 Å². The van der Waals surface area contributed by atoms with Gasteiger partial charge < -0.3 is 9.84 Å². The number of aliphatic hydroxyl groups is 1. The van der Waals surface area contributed by atoms with Gasteiger partial charge in [0.1, 0.15) is 5.44 Å². The van der Waals surface area contributed by atoms with Crippen LogP contribution in [0.15, 0.2) is 5.11 Å². The predicted octanol–water partition coefficient (Wildman–Crippen LogP) is 2.16. The molecule has 6 heteroatoms. The first-order valence-corrected chi connectivity index (χ1v) is 6.35. The normalized spacial score (nSPS) is 40.9. The summed E-state index contributed by atoms with van der Waals surface area (Å²) in [7, 11) is 0. The minimum absolute atomic E-state index is 0.0583. The van der Waals surface area contributed by atoms with Crippen molar-refractivity contribution < 1.29 is 9.84 Å². The number of hydrogen-bond acceptors (Lipinski definition) is 4. The molecule has 1 aliphatic heterocycles. The van der Waals surface area contributed by atoms with Crippen molar-refractivity contribution in [3.63, 3.8) is 0 Å². The molecule has 0 radical (unpaired) electrons. The molecular formula is C9H17N3O2S. The third kappa shape index (κ3) is 2.58. The van der Waals surface area contributed by atoms with Gasteiger partial charge in [-0.15, -0.1) is 11.8 Å². The van der Waals surface area contributed by atoms with Crippen LogP contribution in [-0.2, 0) is 4.74 Å². The van der Waals surface area contributed by atoms with Gasteiger partial charge in [-0.1, -0.05) is 19.0 Å².